The van der Waals surface area contributed by atoms with Crippen LogP contribution in [0.1, 0.15) is 17.0 Å². The molecule has 2 aromatic carbocycles. The standard InChI is InChI=1S/C15H13ClO4/c16-13-7-9(4-5-14(13)18)6-12(15(19)20)10-2-1-3-11(17)8-10/h1-5,7-8,12,17-18H,6H2,(H,19,20). The highest BCUT2D eigenvalue weighted by molar-refractivity contribution is 6.32. The molecule has 0 amide bonds. The van der Waals surface area contributed by atoms with E-state index in [-0.39, 0.29) is 22.9 Å². The van der Waals surface area contributed by atoms with Gasteiger partial charge in [0.05, 0.1) is 10.9 Å². The van der Waals surface area contributed by atoms with Gasteiger partial charge in [-0.25, -0.2) is 0 Å². The molecule has 0 aliphatic heterocycles. The molecule has 0 fully saturated rings. The molecule has 0 saturated heterocycles. The van der Waals surface area contributed by atoms with E-state index in [9.17, 15) is 20.1 Å². The predicted octanol–water partition coefficient (Wildman–Crippen LogP) is 3.16. The Bertz CT molecular complexity index is 640. The first kappa shape index (κ1) is 14.2. The van der Waals surface area contributed by atoms with E-state index in [0.717, 1.165) is 0 Å². The second-order valence-electron chi connectivity index (χ2n) is 4.48. The zero-order valence-electron chi connectivity index (χ0n) is 10.5. The van der Waals surface area contributed by atoms with Crippen LogP contribution < -0.4 is 0 Å². The summed E-state index contributed by atoms with van der Waals surface area (Å²) in [6.45, 7) is 0. The number of rotatable bonds is 4. The SMILES string of the molecule is O=C(O)C(Cc1ccc(O)c(Cl)c1)c1cccc(O)c1. The predicted molar refractivity (Wildman–Crippen MR) is 75.3 cm³/mol. The van der Waals surface area contributed by atoms with Crippen LogP contribution in [0.5, 0.6) is 11.5 Å². The molecule has 0 heterocycles. The Balaban J connectivity index is 2.30. The van der Waals surface area contributed by atoms with Crippen LogP contribution in [-0.2, 0) is 11.2 Å². The Morgan fingerprint density at radius 1 is 1.15 bits per heavy atom. The second kappa shape index (κ2) is 5.84. The lowest BCUT2D eigenvalue weighted by molar-refractivity contribution is -0.138. The quantitative estimate of drug-likeness (QED) is 0.809. The van der Waals surface area contributed by atoms with Gasteiger partial charge in [-0.3, -0.25) is 4.79 Å². The third kappa shape index (κ3) is 3.22. The van der Waals surface area contributed by atoms with Crippen molar-refractivity contribution in [2.45, 2.75) is 12.3 Å². The third-order valence-electron chi connectivity index (χ3n) is 3.02. The van der Waals surface area contributed by atoms with E-state index in [1.54, 1.807) is 18.2 Å². The van der Waals surface area contributed by atoms with Gasteiger partial charge in [0.1, 0.15) is 11.5 Å². The largest absolute Gasteiger partial charge is 0.508 e. The number of phenols is 2. The van der Waals surface area contributed by atoms with Crippen LogP contribution in [0, 0.1) is 0 Å². The number of aromatic hydroxyl groups is 2. The monoisotopic (exact) mass is 292 g/mol. The number of carbonyl (C=O) groups is 1. The van der Waals surface area contributed by atoms with E-state index in [4.69, 9.17) is 11.6 Å². The summed E-state index contributed by atoms with van der Waals surface area (Å²) < 4.78 is 0. The van der Waals surface area contributed by atoms with Crippen LogP contribution in [0.2, 0.25) is 5.02 Å². The maximum Gasteiger partial charge on any atom is 0.311 e. The van der Waals surface area contributed by atoms with E-state index in [1.807, 2.05) is 0 Å². The lowest BCUT2D eigenvalue weighted by Gasteiger charge is -2.13. The molecule has 4 nitrogen and oxygen atoms in total. The first-order valence-electron chi connectivity index (χ1n) is 5.96. The minimum Gasteiger partial charge on any atom is -0.508 e. The van der Waals surface area contributed by atoms with Crippen LogP contribution in [0.15, 0.2) is 42.5 Å². The lowest BCUT2D eigenvalue weighted by atomic mass is 9.92. The van der Waals surface area contributed by atoms with Crippen LogP contribution in [0.4, 0.5) is 0 Å². The number of hydrogen-bond donors (Lipinski definition) is 3. The molecule has 2 rings (SSSR count). The first-order chi connectivity index (χ1) is 9.47. The van der Waals surface area contributed by atoms with E-state index in [2.05, 4.69) is 0 Å². The van der Waals surface area contributed by atoms with E-state index in [0.29, 0.717) is 11.1 Å². The molecule has 0 aromatic heterocycles. The fourth-order valence-electron chi connectivity index (χ4n) is 2.00. The fourth-order valence-corrected chi connectivity index (χ4v) is 2.21. The average molecular weight is 293 g/mol. The topological polar surface area (TPSA) is 77.8 Å². The molecule has 3 N–H and O–H groups in total. The van der Waals surface area contributed by atoms with Crippen molar-refractivity contribution in [1.29, 1.82) is 0 Å². The van der Waals surface area contributed by atoms with Gasteiger partial charge in [-0.2, -0.15) is 0 Å². The van der Waals surface area contributed by atoms with Gasteiger partial charge < -0.3 is 15.3 Å². The Morgan fingerprint density at radius 3 is 2.50 bits per heavy atom. The van der Waals surface area contributed by atoms with E-state index in [1.165, 1.54) is 24.3 Å². The maximum absolute atomic E-state index is 11.4. The van der Waals surface area contributed by atoms with Gasteiger partial charge in [0.15, 0.2) is 0 Å². The van der Waals surface area contributed by atoms with Crippen LogP contribution in [0.3, 0.4) is 0 Å². The van der Waals surface area contributed by atoms with Crippen LogP contribution >= 0.6 is 11.6 Å². The molecule has 5 heteroatoms. The highest BCUT2D eigenvalue weighted by Crippen LogP contribution is 2.28. The third-order valence-corrected chi connectivity index (χ3v) is 3.33. The van der Waals surface area contributed by atoms with E-state index < -0.39 is 11.9 Å². The summed E-state index contributed by atoms with van der Waals surface area (Å²) >= 11 is 5.81. The second-order valence-corrected chi connectivity index (χ2v) is 4.88. The fraction of sp³-hybridized carbons (Fsp3) is 0.133. The number of carboxylic acid groups (broad SMARTS) is 1. The Morgan fingerprint density at radius 2 is 1.90 bits per heavy atom. The maximum atomic E-state index is 11.4. The number of carboxylic acids is 1. The van der Waals surface area contributed by atoms with Gasteiger partial charge in [-0.15, -0.1) is 0 Å². The molecule has 2 aromatic rings. The Kier molecular flexibility index (Phi) is 4.15. The van der Waals surface area contributed by atoms with Gasteiger partial charge in [0, 0.05) is 0 Å². The van der Waals surface area contributed by atoms with Crippen LogP contribution in [-0.4, -0.2) is 21.3 Å². The van der Waals surface area contributed by atoms with Crippen molar-refractivity contribution in [2.75, 3.05) is 0 Å². The summed E-state index contributed by atoms with van der Waals surface area (Å²) in [5, 5.41) is 28.3. The minimum atomic E-state index is -0.986. The average Bonchev–Trinajstić information content (AvgIpc) is 2.39. The summed E-state index contributed by atoms with van der Waals surface area (Å²) in [7, 11) is 0. The number of aliphatic carboxylic acids is 1. The molecule has 0 spiro atoms. The lowest BCUT2D eigenvalue weighted by Crippen LogP contribution is -2.14. The van der Waals surface area contributed by atoms with E-state index >= 15 is 0 Å². The molecule has 1 unspecified atom stereocenters. The molecule has 0 bridgehead atoms. The van der Waals surface area contributed by atoms with Crippen LogP contribution in [0.25, 0.3) is 0 Å². The molecule has 1 atom stereocenters. The summed E-state index contributed by atoms with van der Waals surface area (Å²) in [6.07, 6.45) is 0.221. The minimum absolute atomic E-state index is 0.0255. The van der Waals surface area contributed by atoms with Crippen molar-refractivity contribution in [2.24, 2.45) is 0 Å². The molecule has 0 saturated carbocycles. The molecule has 0 radical (unpaired) electrons. The van der Waals surface area contributed by atoms with Gasteiger partial charge in [0.25, 0.3) is 0 Å². The zero-order valence-corrected chi connectivity index (χ0v) is 11.2. The molecule has 0 aliphatic carbocycles. The summed E-state index contributed by atoms with van der Waals surface area (Å²) in [5.41, 5.74) is 1.21. The van der Waals surface area contributed by atoms with Crippen molar-refractivity contribution < 1.29 is 20.1 Å². The van der Waals surface area contributed by atoms with Crippen molar-refractivity contribution >= 4 is 17.6 Å². The summed E-state index contributed by atoms with van der Waals surface area (Å²) in [5.74, 6) is -1.79. The summed E-state index contributed by atoms with van der Waals surface area (Å²) in [4.78, 5) is 11.4. The smallest absolute Gasteiger partial charge is 0.311 e. The Labute approximate surface area is 120 Å². The highest BCUT2D eigenvalue weighted by Gasteiger charge is 2.21. The van der Waals surface area contributed by atoms with Gasteiger partial charge in [-0.05, 0) is 41.8 Å². The molecule has 20 heavy (non-hydrogen) atoms. The molecular formula is C15H13ClO4. The van der Waals surface area contributed by atoms with Crippen molar-refractivity contribution in [3.05, 3.63) is 58.6 Å². The van der Waals surface area contributed by atoms with Crippen molar-refractivity contribution in [1.82, 2.24) is 0 Å². The number of benzene rings is 2. The number of hydrogen-bond acceptors (Lipinski definition) is 3. The van der Waals surface area contributed by atoms with Gasteiger partial charge >= 0.3 is 5.97 Å². The summed E-state index contributed by atoms with van der Waals surface area (Å²) in [6, 6.07) is 10.8. The molecule has 104 valence electrons. The van der Waals surface area contributed by atoms with Gasteiger partial charge in [-0.1, -0.05) is 29.8 Å². The molecular weight excluding hydrogens is 280 g/mol. The van der Waals surface area contributed by atoms with Gasteiger partial charge in [0.2, 0.25) is 0 Å². The number of halogens is 1. The number of phenolic OH excluding ortho intramolecular Hbond substituents is 2. The Hall–Kier alpha value is -2.20. The van der Waals surface area contributed by atoms with Crippen molar-refractivity contribution in [3.8, 4) is 11.5 Å². The highest BCUT2D eigenvalue weighted by atomic mass is 35.5. The van der Waals surface area contributed by atoms with Crippen molar-refractivity contribution in [3.63, 3.8) is 0 Å². The zero-order chi connectivity index (χ0) is 14.7. The molecule has 0 aliphatic rings. The normalized spacial score (nSPS) is 12.1. The first-order valence-corrected chi connectivity index (χ1v) is 6.34.